The van der Waals surface area contributed by atoms with E-state index < -0.39 is 0 Å². The molecule has 0 amide bonds. The summed E-state index contributed by atoms with van der Waals surface area (Å²) in [5.74, 6) is 0.917. The number of anilines is 1. The maximum absolute atomic E-state index is 6.24. The molecule has 0 saturated carbocycles. The molecule has 1 aliphatic heterocycles. The summed E-state index contributed by atoms with van der Waals surface area (Å²) in [4.78, 5) is 6.72. The van der Waals surface area contributed by atoms with E-state index in [2.05, 4.69) is 9.88 Å². The van der Waals surface area contributed by atoms with Gasteiger partial charge in [0.25, 0.3) is 0 Å². The zero-order valence-corrected chi connectivity index (χ0v) is 10.2. The normalized spacial score (nSPS) is 17.2. The Hall–Kier alpha value is -0.800. The Morgan fingerprint density at radius 2 is 1.94 bits per heavy atom. The molecule has 0 aromatic carbocycles. The Morgan fingerprint density at radius 3 is 2.50 bits per heavy atom. The van der Waals surface area contributed by atoms with Gasteiger partial charge in [-0.1, -0.05) is 24.4 Å². The van der Waals surface area contributed by atoms with Crippen LogP contribution in [0, 0.1) is 0 Å². The van der Waals surface area contributed by atoms with Crippen LogP contribution in [0.4, 0.5) is 5.82 Å². The third-order valence-electron chi connectivity index (χ3n) is 3.02. The first kappa shape index (κ1) is 11.7. The second-order valence-corrected chi connectivity index (χ2v) is 4.66. The fourth-order valence-corrected chi connectivity index (χ4v) is 2.41. The molecule has 0 spiro atoms. The molecule has 2 heterocycles. The topological polar surface area (TPSA) is 42.1 Å². The van der Waals surface area contributed by atoms with Gasteiger partial charge in [-0.15, -0.1) is 0 Å². The molecule has 1 fully saturated rings. The Labute approximate surface area is 102 Å². The average molecular weight is 240 g/mol. The summed E-state index contributed by atoms with van der Waals surface area (Å²) in [5, 5.41) is 0.727. The van der Waals surface area contributed by atoms with Crippen molar-refractivity contribution in [3.05, 3.63) is 22.8 Å². The summed E-state index contributed by atoms with van der Waals surface area (Å²) in [6, 6.07) is 1.93. The lowest BCUT2D eigenvalue weighted by Gasteiger charge is -2.22. The standard InChI is InChI=1S/C12H18ClN3/c13-11-7-10(8-14)9-15-12(11)16-5-3-1-2-4-6-16/h7,9H,1-6,8,14H2. The molecular weight excluding hydrogens is 222 g/mol. The number of hydrogen-bond donors (Lipinski definition) is 1. The number of nitrogens with zero attached hydrogens (tertiary/aromatic N) is 2. The molecule has 0 bridgehead atoms. The largest absolute Gasteiger partial charge is 0.355 e. The molecule has 0 atom stereocenters. The van der Waals surface area contributed by atoms with Gasteiger partial charge in [-0.3, -0.25) is 0 Å². The maximum Gasteiger partial charge on any atom is 0.147 e. The number of aromatic nitrogens is 1. The van der Waals surface area contributed by atoms with E-state index in [4.69, 9.17) is 17.3 Å². The average Bonchev–Trinajstić information content (AvgIpc) is 2.57. The Balaban J connectivity index is 2.18. The molecule has 0 aliphatic carbocycles. The molecule has 1 aliphatic rings. The highest BCUT2D eigenvalue weighted by Crippen LogP contribution is 2.26. The third kappa shape index (κ3) is 2.66. The molecule has 2 rings (SSSR count). The number of halogens is 1. The van der Waals surface area contributed by atoms with E-state index in [0.29, 0.717) is 6.54 Å². The highest BCUT2D eigenvalue weighted by molar-refractivity contribution is 6.33. The number of nitrogens with two attached hydrogens (primary N) is 1. The highest BCUT2D eigenvalue weighted by atomic mass is 35.5. The molecule has 1 aromatic heterocycles. The van der Waals surface area contributed by atoms with Crippen LogP contribution in [-0.2, 0) is 6.54 Å². The molecule has 1 saturated heterocycles. The van der Waals surface area contributed by atoms with Crippen LogP contribution in [-0.4, -0.2) is 18.1 Å². The third-order valence-corrected chi connectivity index (χ3v) is 3.30. The van der Waals surface area contributed by atoms with Crippen molar-refractivity contribution < 1.29 is 0 Å². The Kier molecular flexibility index (Phi) is 4.02. The van der Waals surface area contributed by atoms with Crippen molar-refractivity contribution in [2.45, 2.75) is 32.2 Å². The molecule has 4 heteroatoms. The molecule has 3 nitrogen and oxygen atoms in total. The summed E-state index contributed by atoms with van der Waals surface area (Å²) in [6.45, 7) is 2.62. The first-order chi connectivity index (χ1) is 7.81. The predicted molar refractivity (Wildman–Crippen MR) is 67.8 cm³/mol. The summed E-state index contributed by atoms with van der Waals surface area (Å²) in [6.07, 6.45) is 6.92. The van der Waals surface area contributed by atoms with Gasteiger partial charge >= 0.3 is 0 Å². The van der Waals surface area contributed by atoms with Gasteiger partial charge in [0.15, 0.2) is 0 Å². The van der Waals surface area contributed by atoms with Crippen LogP contribution < -0.4 is 10.6 Å². The monoisotopic (exact) mass is 239 g/mol. The van der Waals surface area contributed by atoms with E-state index >= 15 is 0 Å². The Bertz CT molecular complexity index is 346. The molecule has 0 radical (unpaired) electrons. The SMILES string of the molecule is NCc1cnc(N2CCCCCC2)c(Cl)c1. The van der Waals surface area contributed by atoms with Gasteiger partial charge in [-0.25, -0.2) is 4.98 Å². The smallest absolute Gasteiger partial charge is 0.147 e. The molecule has 0 unspecified atom stereocenters. The van der Waals surface area contributed by atoms with Crippen molar-refractivity contribution in [3.8, 4) is 0 Å². The zero-order valence-electron chi connectivity index (χ0n) is 9.45. The second-order valence-electron chi connectivity index (χ2n) is 4.25. The summed E-state index contributed by atoms with van der Waals surface area (Å²) >= 11 is 6.24. The highest BCUT2D eigenvalue weighted by Gasteiger charge is 2.14. The predicted octanol–water partition coefficient (Wildman–Crippen LogP) is 2.57. The molecule has 1 aromatic rings. The summed E-state index contributed by atoms with van der Waals surface area (Å²) in [5.41, 5.74) is 6.55. The summed E-state index contributed by atoms with van der Waals surface area (Å²) in [7, 11) is 0. The van der Waals surface area contributed by atoms with Gasteiger partial charge in [0.1, 0.15) is 5.82 Å². The van der Waals surface area contributed by atoms with Crippen molar-refractivity contribution in [3.63, 3.8) is 0 Å². The Morgan fingerprint density at radius 1 is 1.25 bits per heavy atom. The van der Waals surface area contributed by atoms with Crippen LogP contribution in [0.2, 0.25) is 5.02 Å². The number of pyridine rings is 1. The zero-order chi connectivity index (χ0) is 11.4. The van der Waals surface area contributed by atoms with Crippen molar-refractivity contribution in [1.29, 1.82) is 0 Å². The van der Waals surface area contributed by atoms with Crippen LogP contribution in [0.3, 0.4) is 0 Å². The van der Waals surface area contributed by atoms with E-state index in [-0.39, 0.29) is 0 Å². The van der Waals surface area contributed by atoms with Crippen LogP contribution in [0.1, 0.15) is 31.2 Å². The van der Waals surface area contributed by atoms with E-state index in [1.165, 1.54) is 25.7 Å². The lowest BCUT2D eigenvalue weighted by molar-refractivity contribution is 0.726. The van der Waals surface area contributed by atoms with Gasteiger partial charge in [0.05, 0.1) is 5.02 Å². The van der Waals surface area contributed by atoms with Crippen molar-refractivity contribution >= 4 is 17.4 Å². The van der Waals surface area contributed by atoms with Gasteiger partial charge in [0.2, 0.25) is 0 Å². The number of rotatable bonds is 2. The second kappa shape index (κ2) is 5.51. The minimum atomic E-state index is 0.493. The quantitative estimate of drug-likeness (QED) is 0.863. The van der Waals surface area contributed by atoms with Crippen LogP contribution >= 0.6 is 11.6 Å². The van der Waals surface area contributed by atoms with E-state index in [9.17, 15) is 0 Å². The van der Waals surface area contributed by atoms with Crippen LogP contribution in [0.25, 0.3) is 0 Å². The minimum absolute atomic E-state index is 0.493. The first-order valence-electron chi connectivity index (χ1n) is 5.90. The summed E-state index contributed by atoms with van der Waals surface area (Å²) < 4.78 is 0. The molecular formula is C12H18ClN3. The fraction of sp³-hybridized carbons (Fsp3) is 0.583. The van der Waals surface area contributed by atoms with Crippen LogP contribution in [0.15, 0.2) is 12.3 Å². The lowest BCUT2D eigenvalue weighted by Crippen LogP contribution is -2.25. The molecule has 88 valence electrons. The first-order valence-corrected chi connectivity index (χ1v) is 6.28. The van der Waals surface area contributed by atoms with Crippen molar-refractivity contribution in [2.75, 3.05) is 18.0 Å². The number of hydrogen-bond acceptors (Lipinski definition) is 3. The van der Waals surface area contributed by atoms with Crippen molar-refractivity contribution in [2.24, 2.45) is 5.73 Å². The molecule has 16 heavy (non-hydrogen) atoms. The van der Waals surface area contributed by atoms with Gasteiger partial charge < -0.3 is 10.6 Å². The van der Waals surface area contributed by atoms with Gasteiger partial charge in [-0.05, 0) is 24.5 Å². The van der Waals surface area contributed by atoms with E-state index in [1.807, 2.05) is 12.3 Å². The van der Waals surface area contributed by atoms with E-state index in [1.54, 1.807) is 0 Å². The lowest BCUT2D eigenvalue weighted by atomic mass is 10.2. The maximum atomic E-state index is 6.24. The minimum Gasteiger partial charge on any atom is -0.355 e. The molecule has 2 N–H and O–H groups in total. The van der Waals surface area contributed by atoms with Crippen LogP contribution in [0.5, 0.6) is 0 Å². The van der Waals surface area contributed by atoms with E-state index in [0.717, 1.165) is 29.5 Å². The van der Waals surface area contributed by atoms with Gasteiger partial charge in [-0.2, -0.15) is 0 Å². The van der Waals surface area contributed by atoms with Crippen molar-refractivity contribution in [1.82, 2.24) is 4.98 Å². The van der Waals surface area contributed by atoms with Gasteiger partial charge in [0, 0.05) is 25.8 Å². The fourth-order valence-electron chi connectivity index (χ4n) is 2.10.